The highest BCUT2D eigenvalue weighted by atomic mass is 16.3. The number of rotatable bonds is 4. The van der Waals surface area contributed by atoms with Crippen molar-refractivity contribution >= 4 is 65.6 Å². The van der Waals surface area contributed by atoms with Gasteiger partial charge in [-0.05, 0) is 48.5 Å². The van der Waals surface area contributed by atoms with Crippen molar-refractivity contribution in [3.8, 4) is 34.4 Å². The first-order chi connectivity index (χ1) is 27.4. The lowest BCUT2D eigenvalue weighted by Gasteiger charge is -2.11. The molecule has 0 aliphatic carbocycles. The maximum atomic E-state index is 8.91. The number of para-hydroxylation sites is 4. The molecule has 0 saturated heterocycles. The summed E-state index contributed by atoms with van der Waals surface area (Å²) in [7, 11) is 0. The highest BCUT2D eigenvalue weighted by Crippen LogP contribution is 2.40. The summed E-state index contributed by atoms with van der Waals surface area (Å²) in [4.78, 5) is 15.5. The Morgan fingerprint density at radius 1 is 0.471 bits per heavy atom. The second kappa shape index (κ2) is 10.7. The van der Waals surface area contributed by atoms with Crippen molar-refractivity contribution in [3.05, 3.63) is 164 Å². The second-order valence-electron chi connectivity index (χ2n) is 12.5. The predicted molar refractivity (Wildman–Crippen MR) is 207 cm³/mol. The highest BCUT2D eigenvalue weighted by Gasteiger charge is 2.22. The van der Waals surface area contributed by atoms with Gasteiger partial charge in [0.15, 0.2) is 11.6 Å². The number of aromatic nitrogens is 5. The molecule has 0 amide bonds. The van der Waals surface area contributed by atoms with Gasteiger partial charge in [0.1, 0.15) is 11.2 Å². The molecule has 0 atom stereocenters. The van der Waals surface area contributed by atoms with E-state index in [1.165, 1.54) is 0 Å². The summed E-state index contributed by atoms with van der Waals surface area (Å²) in [6, 6.07) is 41.9. The van der Waals surface area contributed by atoms with Gasteiger partial charge in [0.25, 0.3) is 0 Å². The van der Waals surface area contributed by atoms with Gasteiger partial charge in [-0.1, -0.05) is 115 Å². The molecule has 51 heavy (non-hydrogen) atoms. The van der Waals surface area contributed by atoms with E-state index in [0.29, 0.717) is 23.1 Å². The summed E-state index contributed by atoms with van der Waals surface area (Å²) in [5, 5.41) is 5.42. The van der Waals surface area contributed by atoms with Gasteiger partial charge in [-0.15, -0.1) is 0 Å². The quantitative estimate of drug-likeness (QED) is 0.189. The molecule has 0 bridgehead atoms. The van der Waals surface area contributed by atoms with Crippen LogP contribution < -0.4 is 0 Å². The average Bonchev–Trinajstić information content (AvgIpc) is 3.89. The van der Waals surface area contributed by atoms with Crippen LogP contribution in [0.5, 0.6) is 0 Å². The van der Waals surface area contributed by atoms with Gasteiger partial charge in [0.05, 0.1) is 28.9 Å². The van der Waals surface area contributed by atoms with Gasteiger partial charge in [-0.3, -0.25) is 4.57 Å². The van der Waals surface area contributed by atoms with Gasteiger partial charge in [-0.2, -0.15) is 9.97 Å². The monoisotopic (exact) mass is 658 g/mol. The predicted octanol–water partition coefficient (Wildman–Crippen LogP) is 11.3. The van der Waals surface area contributed by atoms with Crippen LogP contribution >= 0.6 is 0 Å². The average molecular weight is 659 g/mol. The standard InChI is InChI=1S/C45H27N5O/c1-3-14-28(15-4-1)43-46-44(33-21-13-25-41-42(33)32-20-9-12-24-40(32)51-41)48-45(47-43)50-37-23-11-8-19-31(37)35-26-38-34(27-39(35)50)30-18-7-10-22-36(30)49(38)29-16-5-2-6-17-29/h1-27H/i2D,5D,6D,16D,17D. The minimum Gasteiger partial charge on any atom is -0.456 e. The molecule has 238 valence electrons. The van der Waals surface area contributed by atoms with Gasteiger partial charge < -0.3 is 8.98 Å². The molecule has 0 fully saturated rings. The topological polar surface area (TPSA) is 61.7 Å². The van der Waals surface area contributed by atoms with Crippen LogP contribution in [0.3, 0.4) is 0 Å². The van der Waals surface area contributed by atoms with Crippen molar-refractivity contribution in [1.82, 2.24) is 24.1 Å². The lowest BCUT2D eigenvalue weighted by molar-refractivity contribution is 0.669. The van der Waals surface area contributed by atoms with E-state index < -0.39 is 6.04 Å². The van der Waals surface area contributed by atoms with Crippen LogP contribution in [0, 0.1) is 0 Å². The summed E-state index contributed by atoms with van der Waals surface area (Å²) in [5.41, 5.74) is 6.41. The summed E-state index contributed by atoms with van der Waals surface area (Å²) in [6.07, 6.45) is 0. The largest absolute Gasteiger partial charge is 0.456 e. The Kier molecular flexibility index (Phi) is 4.91. The zero-order valence-electron chi connectivity index (χ0n) is 31.8. The van der Waals surface area contributed by atoms with E-state index in [9.17, 15) is 0 Å². The number of hydrogen-bond acceptors (Lipinski definition) is 4. The third-order valence-electron chi connectivity index (χ3n) is 9.68. The van der Waals surface area contributed by atoms with Crippen LogP contribution in [0.25, 0.3) is 100.0 Å². The molecule has 0 aliphatic heterocycles. The molecule has 4 heterocycles. The van der Waals surface area contributed by atoms with Crippen LogP contribution in [0.2, 0.25) is 0 Å². The Hall–Kier alpha value is -7.05. The fraction of sp³-hybridized carbons (Fsp3) is 0. The zero-order chi connectivity index (χ0) is 37.8. The molecule has 0 radical (unpaired) electrons. The lowest BCUT2D eigenvalue weighted by atomic mass is 10.1. The number of hydrogen-bond donors (Lipinski definition) is 0. The minimum absolute atomic E-state index is 0.0980. The zero-order valence-corrected chi connectivity index (χ0v) is 26.8. The smallest absolute Gasteiger partial charge is 0.238 e. The number of nitrogens with zero attached hydrogens (tertiary/aromatic N) is 5. The molecule has 11 aromatic rings. The maximum absolute atomic E-state index is 8.91. The van der Waals surface area contributed by atoms with Crippen molar-refractivity contribution < 1.29 is 11.3 Å². The third kappa shape index (κ3) is 4.14. The first kappa shape index (κ1) is 23.3. The van der Waals surface area contributed by atoms with E-state index in [1.54, 1.807) is 4.57 Å². The fourth-order valence-electron chi connectivity index (χ4n) is 7.50. The van der Waals surface area contributed by atoms with Crippen molar-refractivity contribution in [2.45, 2.75) is 0 Å². The van der Waals surface area contributed by atoms with Gasteiger partial charge >= 0.3 is 0 Å². The summed E-state index contributed by atoms with van der Waals surface area (Å²) in [5.74, 6) is 1.44. The normalized spacial score (nSPS) is 13.3. The number of furan rings is 1. The Morgan fingerprint density at radius 2 is 1.08 bits per heavy atom. The van der Waals surface area contributed by atoms with E-state index in [4.69, 9.17) is 26.2 Å². The molecule has 0 aliphatic rings. The van der Waals surface area contributed by atoms with Crippen molar-refractivity contribution in [1.29, 1.82) is 0 Å². The molecular formula is C45H27N5O. The Bertz CT molecular complexity index is 3410. The number of benzene rings is 7. The van der Waals surface area contributed by atoms with Gasteiger partial charge in [0.2, 0.25) is 5.95 Å². The molecule has 0 spiro atoms. The molecular weight excluding hydrogens is 627 g/mol. The third-order valence-corrected chi connectivity index (χ3v) is 9.68. The molecule has 0 saturated carbocycles. The fourth-order valence-corrected chi connectivity index (χ4v) is 7.50. The van der Waals surface area contributed by atoms with E-state index in [0.717, 1.165) is 71.2 Å². The molecule has 7 aromatic carbocycles. The Labute approximate surface area is 298 Å². The van der Waals surface area contributed by atoms with Crippen molar-refractivity contribution in [2.24, 2.45) is 0 Å². The summed E-state index contributed by atoms with van der Waals surface area (Å²) in [6.45, 7) is 0. The van der Waals surface area contributed by atoms with Gasteiger partial charge in [0, 0.05) is 49.1 Å². The van der Waals surface area contributed by atoms with Crippen molar-refractivity contribution in [2.75, 3.05) is 0 Å². The molecule has 6 nitrogen and oxygen atoms in total. The van der Waals surface area contributed by atoms with E-state index in [1.807, 2.05) is 121 Å². The maximum Gasteiger partial charge on any atom is 0.238 e. The van der Waals surface area contributed by atoms with Crippen LogP contribution in [-0.4, -0.2) is 24.1 Å². The van der Waals surface area contributed by atoms with Crippen LogP contribution in [0.15, 0.2) is 168 Å². The molecule has 6 heteroatoms. The SMILES string of the molecule is [2H]c1c([2H])c([2H])c(-n2c3ccccc3c3cc4c(cc32)c2ccccc2n4-c2nc(-c3ccccc3)nc(-c3cccc4oc5ccccc5c34)n2)c([2H])c1[2H]. The molecule has 4 aromatic heterocycles. The second-order valence-corrected chi connectivity index (χ2v) is 12.5. The van der Waals surface area contributed by atoms with Crippen LogP contribution in [0.1, 0.15) is 6.85 Å². The van der Waals surface area contributed by atoms with Crippen molar-refractivity contribution in [3.63, 3.8) is 0 Å². The highest BCUT2D eigenvalue weighted by molar-refractivity contribution is 6.19. The van der Waals surface area contributed by atoms with Crippen LogP contribution in [0.4, 0.5) is 0 Å². The Morgan fingerprint density at radius 3 is 1.84 bits per heavy atom. The van der Waals surface area contributed by atoms with E-state index in [-0.39, 0.29) is 29.9 Å². The minimum atomic E-state index is -0.432. The van der Waals surface area contributed by atoms with Crippen LogP contribution in [-0.2, 0) is 0 Å². The lowest BCUT2D eigenvalue weighted by Crippen LogP contribution is -2.06. The molecule has 0 unspecified atom stereocenters. The van der Waals surface area contributed by atoms with E-state index >= 15 is 0 Å². The molecule has 11 rings (SSSR count). The summed E-state index contributed by atoms with van der Waals surface area (Å²) < 4.78 is 53.1. The first-order valence-electron chi connectivity index (χ1n) is 19.1. The number of fused-ring (bicyclic) bond motifs is 9. The first-order valence-corrected chi connectivity index (χ1v) is 16.6. The molecule has 0 N–H and O–H groups in total. The van der Waals surface area contributed by atoms with E-state index in [2.05, 4.69) is 16.7 Å². The summed E-state index contributed by atoms with van der Waals surface area (Å²) >= 11 is 0. The van der Waals surface area contributed by atoms with Gasteiger partial charge in [-0.25, -0.2) is 4.98 Å². The Balaban J connectivity index is 1.25.